The van der Waals surface area contributed by atoms with E-state index in [2.05, 4.69) is 20.7 Å². The van der Waals surface area contributed by atoms with Crippen molar-refractivity contribution < 1.29 is 21.6 Å². The third-order valence-corrected chi connectivity index (χ3v) is 7.78. The van der Waals surface area contributed by atoms with Gasteiger partial charge in [0.25, 0.3) is 5.56 Å². The van der Waals surface area contributed by atoms with Crippen molar-refractivity contribution in [1.29, 1.82) is 0 Å². The molecule has 0 unspecified atom stereocenters. The molecule has 1 aromatic heterocycles. The number of hydrogen-bond acceptors (Lipinski definition) is 8. The topological polar surface area (TPSA) is 109 Å². The summed E-state index contributed by atoms with van der Waals surface area (Å²) in [4.78, 5) is 18.8. The molecule has 0 aliphatic carbocycles. The van der Waals surface area contributed by atoms with Crippen LogP contribution in [0.5, 0.6) is 0 Å². The van der Waals surface area contributed by atoms with Crippen LogP contribution < -0.4 is 16.2 Å². The zero-order valence-electron chi connectivity index (χ0n) is 18.3. The van der Waals surface area contributed by atoms with Crippen molar-refractivity contribution in [3.63, 3.8) is 0 Å². The molecule has 3 aromatic rings. The van der Waals surface area contributed by atoms with E-state index in [9.17, 15) is 26.4 Å². The van der Waals surface area contributed by atoms with Gasteiger partial charge in [-0.25, -0.2) is 18.1 Å². The van der Waals surface area contributed by atoms with Crippen LogP contribution in [0.25, 0.3) is 10.8 Å². The van der Waals surface area contributed by atoms with E-state index in [1.165, 1.54) is 23.2 Å². The summed E-state index contributed by atoms with van der Waals surface area (Å²) in [7, 11) is -4.49. The van der Waals surface area contributed by atoms with Crippen LogP contribution in [0.15, 0.2) is 56.0 Å². The molecular weight excluding hydrogens is 485 g/mol. The quantitative estimate of drug-likeness (QED) is 0.560. The summed E-state index contributed by atoms with van der Waals surface area (Å²) in [5.41, 5.74) is -1.32. The van der Waals surface area contributed by atoms with Gasteiger partial charge in [0.15, 0.2) is 5.82 Å². The molecule has 1 fully saturated rings. The van der Waals surface area contributed by atoms with Gasteiger partial charge < -0.3 is 10.6 Å². The van der Waals surface area contributed by atoms with E-state index < -0.39 is 36.9 Å². The SMILES string of the molecule is O=c1c2c(S(=O)(=O)c3cccc(C(F)(F)F)c3)ccc3c2c(nn1CN1CCCNCC1)N=CN3. The maximum Gasteiger partial charge on any atom is 0.416 e. The van der Waals surface area contributed by atoms with Gasteiger partial charge >= 0.3 is 6.18 Å². The van der Waals surface area contributed by atoms with Crippen molar-refractivity contribution in [1.82, 2.24) is 20.0 Å². The summed E-state index contributed by atoms with van der Waals surface area (Å²) in [5.74, 6) is 0.155. The maximum absolute atomic E-state index is 13.6. The molecule has 0 saturated carbocycles. The van der Waals surface area contributed by atoms with Crippen LogP contribution in [-0.4, -0.2) is 55.6 Å². The van der Waals surface area contributed by atoms with Crippen molar-refractivity contribution in [2.75, 3.05) is 31.5 Å². The second-order valence-electron chi connectivity index (χ2n) is 8.28. The molecule has 1 saturated heterocycles. The first-order valence-corrected chi connectivity index (χ1v) is 12.4. The van der Waals surface area contributed by atoms with Crippen LogP contribution in [0.2, 0.25) is 0 Å². The second kappa shape index (κ2) is 8.73. The number of benzene rings is 2. The van der Waals surface area contributed by atoms with Gasteiger partial charge in [0, 0.05) is 19.6 Å². The Hall–Kier alpha value is -3.29. The van der Waals surface area contributed by atoms with E-state index in [0.29, 0.717) is 18.3 Å². The van der Waals surface area contributed by atoms with Crippen molar-refractivity contribution >= 4 is 38.5 Å². The molecule has 184 valence electrons. The molecule has 0 amide bonds. The fourth-order valence-electron chi connectivity index (χ4n) is 4.26. The number of hydrogen-bond donors (Lipinski definition) is 2. The smallest absolute Gasteiger partial charge is 0.346 e. The molecule has 0 radical (unpaired) electrons. The Kier molecular flexibility index (Phi) is 5.85. The molecule has 35 heavy (non-hydrogen) atoms. The number of halogens is 3. The Bertz CT molecular complexity index is 1490. The minimum Gasteiger partial charge on any atom is -0.346 e. The predicted molar refractivity (Wildman–Crippen MR) is 124 cm³/mol. The van der Waals surface area contributed by atoms with E-state index in [4.69, 9.17) is 0 Å². The van der Waals surface area contributed by atoms with Gasteiger partial charge in [-0.1, -0.05) is 6.07 Å². The lowest BCUT2D eigenvalue weighted by Crippen LogP contribution is -2.36. The Labute approximate surface area is 198 Å². The number of sulfone groups is 1. The average Bonchev–Trinajstić information content (AvgIpc) is 3.10. The third-order valence-electron chi connectivity index (χ3n) is 5.99. The molecule has 13 heteroatoms. The largest absolute Gasteiger partial charge is 0.416 e. The minimum atomic E-state index is -4.72. The monoisotopic (exact) mass is 506 g/mol. The summed E-state index contributed by atoms with van der Waals surface area (Å²) in [6.45, 7) is 3.09. The highest BCUT2D eigenvalue weighted by atomic mass is 32.2. The van der Waals surface area contributed by atoms with Gasteiger partial charge in [0.05, 0.1) is 44.8 Å². The lowest BCUT2D eigenvalue weighted by molar-refractivity contribution is -0.137. The predicted octanol–water partition coefficient (Wildman–Crippen LogP) is 2.59. The zero-order chi connectivity index (χ0) is 24.8. The Morgan fingerprint density at radius 1 is 1.06 bits per heavy atom. The number of nitrogens with zero attached hydrogens (tertiary/aromatic N) is 4. The molecule has 0 bridgehead atoms. The molecular formula is C22H21F3N6O3S. The Balaban J connectivity index is 1.70. The Morgan fingerprint density at radius 3 is 2.69 bits per heavy atom. The molecule has 2 aliphatic rings. The number of rotatable bonds is 4. The van der Waals surface area contributed by atoms with Gasteiger partial charge in [-0.15, -0.1) is 5.10 Å². The molecule has 0 spiro atoms. The lowest BCUT2D eigenvalue weighted by Gasteiger charge is -2.22. The highest BCUT2D eigenvalue weighted by molar-refractivity contribution is 7.91. The average molecular weight is 507 g/mol. The van der Waals surface area contributed by atoms with Crippen LogP contribution in [-0.2, 0) is 22.7 Å². The number of aromatic nitrogens is 2. The van der Waals surface area contributed by atoms with E-state index in [0.717, 1.165) is 44.3 Å². The molecule has 2 aliphatic heterocycles. The van der Waals surface area contributed by atoms with Crippen LogP contribution in [0.3, 0.4) is 0 Å². The summed E-state index contributed by atoms with van der Waals surface area (Å²) in [6, 6.07) is 6.15. The van der Waals surface area contributed by atoms with Crippen LogP contribution in [0.4, 0.5) is 24.7 Å². The van der Waals surface area contributed by atoms with Crippen LogP contribution >= 0.6 is 0 Å². The number of aliphatic imine (C=N–C) groups is 1. The number of alkyl halides is 3. The standard InChI is InChI=1S/C22H21F3N6O3S/c23-22(24,25)14-3-1-4-15(11-14)35(33,34)17-6-5-16-18-19(17)21(32)31(29-20(18)28-12-27-16)13-30-9-2-7-26-8-10-30/h1,3-6,11-12,26H,2,7-10,13H2,(H,27,28,29). The number of anilines is 1. The summed E-state index contributed by atoms with van der Waals surface area (Å²) >= 11 is 0. The van der Waals surface area contributed by atoms with Crippen molar-refractivity contribution in [2.45, 2.75) is 29.1 Å². The van der Waals surface area contributed by atoms with Crippen molar-refractivity contribution in [2.24, 2.45) is 4.99 Å². The molecule has 9 nitrogen and oxygen atoms in total. The van der Waals surface area contributed by atoms with Crippen LogP contribution in [0.1, 0.15) is 12.0 Å². The summed E-state index contributed by atoms with van der Waals surface area (Å²) in [5, 5.41) is 10.5. The third kappa shape index (κ3) is 4.30. The molecule has 2 N–H and O–H groups in total. The van der Waals surface area contributed by atoms with Crippen molar-refractivity contribution in [3.8, 4) is 0 Å². The second-order valence-corrected chi connectivity index (χ2v) is 10.2. The van der Waals surface area contributed by atoms with Crippen LogP contribution in [0, 0.1) is 0 Å². The van der Waals surface area contributed by atoms with Gasteiger partial charge in [0.1, 0.15) is 0 Å². The van der Waals surface area contributed by atoms with E-state index in [1.54, 1.807) is 0 Å². The molecule has 0 atom stereocenters. The molecule has 3 heterocycles. The maximum atomic E-state index is 13.6. The highest BCUT2D eigenvalue weighted by Crippen LogP contribution is 2.37. The van der Waals surface area contributed by atoms with Crippen molar-refractivity contribution in [3.05, 3.63) is 52.3 Å². The van der Waals surface area contributed by atoms with Gasteiger partial charge in [-0.3, -0.25) is 9.69 Å². The van der Waals surface area contributed by atoms with E-state index in [-0.39, 0.29) is 23.3 Å². The summed E-state index contributed by atoms with van der Waals surface area (Å²) < 4.78 is 68.0. The molecule has 5 rings (SSSR count). The highest BCUT2D eigenvalue weighted by Gasteiger charge is 2.33. The van der Waals surface area contributed by atoms with Gasteiger partial charge in [-0.2, -0.15) is 13.2 Å². The first kappa shape index (κ1) is 23.5. The first-order valence-electron chi connectivity index (χ1n) is 10.9. The van der Waals surface area contributed by atoms with E-state index in [1.807, 2.05) is 4.90 Å². The lowest BCUT2D eigenvalue weighted by atomic mass is 10.1. The minimum absolute atomic E-state index is 0.125. The zero-order valence-corrected chi connectivity index (χ0v) is 19.2. The van der Waals surface area contributed by atoms with Gasteiger partial charge in [-0.05, 0) is 43.3 Å². The molecule has 2 aromatic carbocycles. The normalized spacial score (nSPS) is 16.8. The summed E-state index contributed by atoms with van der Waals surface area (Å²) in [6.07, 6.45) is -2.46. The van der Waals surface area contributed by atoms with Gasteiger partial charge in [0.2, 0.25) is 9.84 Å². The first-order chi connectivity index (χ1) is 16.7. The van der Waals surface area contributed by atoms with E-state index >= 15 is 0 Å². The Morgan fingerprint density at radius 2 is 1.89 bits per heavy atom. The number of nitrogens with one attached hydrogen (secondary N) is 2. The fourth-order valence-corrected chi connectivity index (χ4v) is 5.76. The fraction of sp³-hybridized carbons (Fsp3) is 0.318.